The summed E-state index contributed by atoms with van der Waals surface area (Å²) in [7, 11) is -3.60. The number of hydrogen-bond acceptors (Lipinski definition) is 5. The summed E-state index contributed by atoms with van der Waals surface area (Å²) in [6, 6.07) is 7.02. The van der Waals surface area contributed by atoms with E-state index in [0.717, 1.165) is 46.1 Å². The van der Waals surface area contributed by atoms with Gasteiger partial charge in [0.05, 0.1) is 16.7 Å². The molecular formula is C17H19N3O3S2. The number of anilines is 1. The van der Waals surface area contributed by atoms with Crippen LogP contribution in [0.3, 0.4) is 0 Å². The van der Waals surface area contributed by atoms with Crippen LogP contribution in [0.2, 0.25) is 0 Å². The molecule has 132 valence electrons. The first-order valence-corrected chi connectivity index (χ1v) is 10.4. The Kier molecular flexibility index (Phi) is 4.05. The SMILES string of the molecule is Cc1cc(S(=O)(=O)Nc2ccc3nc([C@H]4CCCO4)[nH]c3c2)c(C)s1. The monoisotopic (exact) mass is 377 g/mol. The van der Waals surface area contributed by atoms with Crippen molar-refractivity contribution >= 4 is 38.1 Å². The molecule has 1 aliphatic heterocycles. The Morgan fingerprint density at radius 3 is 2.84 bits per heavy atom. The average Bonchev–Trinajstić information content (AvgIpc) is 3.25. The summed E-state index contributed by atoms with van der Waals surface area (Å²) >= 11 is 1.48. The molecule has 2 N–H and O–H groups in total. The molecule has 0 spiro atoms. The van der Waals surface area contributed by atoms with E-state index < -0.39 is 10.0 Å². The molecule has 0 bridgehead atoms. The van der Waals surface area contributed by atoms with Crippen molar-refractivity contribution in [3.8, 4) is 0 Å². The number of sulfonamides is 1. The minimum atomic E-state index is -3.60. The number of aromatic nitrogens is 2. The first-order valence-electron chi connectivity index (χ1n) is 8.13. The van der Waals surface area contributed by atoms with Gasteiger partial charge < -0.3 is 9.72 Å². The van der Waals surface area contributed by atoms with Gasteiger partial charge in [-0.1, -0.05) is 0 Å². The van der Waals surface area contributed by atoms with Crippen LogP contribution in [0.4, 0.5) is 5.69 Å². The van der Waals surface area contributed by atoms with E-state index in [9.17, 15) is 8.42 Å². The van der Waals surface area contributed by atoms with Crippen LogP contribution in [0, 0.1) is 13.8 Å². The summed E-state index contributed by atoms with van der Waals surface area (Å²) in [5, 5.41) is 0. The number of aromatic amines is 1. The Labute approximate surface area is 150 Å². The van der Waals surface area contributed by atoms with Gasteiger partial charge in [-0.05, 0) is 51.0 Å². The first-order chi connectivity index (χ1) is 11.9. The highest BCUT2D eigenvalue weighted by molar-refractivity contribution is 7.93. The summed E-state index contributed by atoms with van der Waals surface area (Å²) in [6.07, 6.45) is 1.99. The smallest absolute Gasteiger partial charge is 0.263 e. The van der Waals surface area contributed by atoms with Gasteiger partial charge in [-0.2, -0.15) is 0 Å². The van der Waals surface area contributed by atoms with Gasteiger partial charge in [0.1, 0.15) is 16.8 Å². The lowest BCUT2D eigenvalue weighted by molar-refractivity contribution is 0.106. The van der Waals surface area contributed by atoms with E-state index in [1.165, 1.54) is 11.3 Å². The number of hydrogen-bond donors (Lipinski definition) is 2. The van der Waals surface area contributed by atoms with E-state index in [-0.39, 0.29) is 6.10 Å². The molecule has 2 aromatic heterocycles. The molecule has 1 aliphatic rings. The van der Waals surface area contributed by atoms with Crippen molar-refractivity contribution in [2.24, 2.45) is 0 Å². The predicted octanol–water partition coefficient (Wildman–Crippen LogP) is 3.89. The summed E-state index contributed by atoms with van der Waals surface area (Å²) < 4.78 is 33.6. The highest BCUT2D eigenvalue weighted by Gasteiger charge is 2.22. The van der Waals surface area contributed by atoms with E-state index in [0.29, 0.717) is 10.6 Å². The number of benzene rings is 1. The molecule has 4 rings (SSSR count). The van der Waals surface area contributed by atoms with E-state index >= 15 is 0 Å². The number of ether oxygens (including phenoxy) is 1. The van der Waals surface area contributed by atoms with Crippen molar-refractivity contribution in [3.05, 3.63) is 39.8 Å². The van der Waals surface area contributed by atoms with E-state index in [4.69, 9.17) is 4.74 Å². The van der Waals surface area contributed by atoms with Crippen LogP contribution in [0.15, 0.2) is 29.2 Å². The predicted molar refractivity (Wildman–Crippen MR) is 98.6 cm³/mol. The topological polar surface area (TPSA) is 84.1 Å². The third-order valence-electron chi connectivity index (χ3n) is 4.27. The molecule has 0 amide bonds. The minimum Gasteiger partial charge on any atom is -0.370 e. The van der Waals surface area contributed by atoms with Gasteiger partial charge in [0.15, 0.2) is 0 Å². The molecule has 0 aliphatic carbocycles. The maximum absolute atomic E-state index is 12.6. The molecular weight excluding hydrogens is 358 g/mol. The number of rotatable bonds is 4. The quantitative estimate of drug-likeness (QED) is 0.722. The average molecular weight is 377 g/mol. The standard InChI is InChI=1S/C17H19N3O3S2/c1-10-8-16(11(2)24-10)25(21,22)20-12-5-6-13-14(9-12)19-17(18-13)15-4-3-7-23-15/h5-6,8-9,15,20H,3-4,7H2,1-2H3,(H,18,19)/t15-/m1/s1. The second-order valence-corrected chi connectivity index (χ2v) is 9.35. The minimum absolute atomic E-state index is 0.00368. The highest BCUT2D eigenvalue weighted by atomic mass is 32.2. The van der Waals surface area contributed by atoms with Crippen molar-refractivity contribution in [3.63, 3.8) is 0 Å². The number of H-pyrrole nitrogens is 1. The fourth-order valence-electron chi connectivity index (χ4n) is 3.12. The summed E-state index contributed by atoms with van der Waals surface area (Å²) in [4.78, 5) is 9.90. The molecule has 0 radical (unpaired) electrons. The van der Waals surface area contributed by atoms with Gasteiger partial charge >= 0.3 is 0 Å². The molecule has 3 heterocycles. The van der Waals surface area contributed by atoms with Crippen molar-refractivity contribution in [2.45, 2.75) is 37.7 Å². The Morgan fingerprint density at radius 2 is 2.16 bits per heavy atom. The molecule has 0 unspecified atom stereocenters. The molecule has 1 fully saturated rings. The molecule has 8 heteroatoms. The van der Waals surface area contributed by atoms with Crippen molar-refractivity contribution < 1.29 is 13.2 Å². The maximum atomic E-state index is 12.6. The number of nitrogens with zero attached hydrogens (tertiary/aromatic N) is 1. The number of fused-ring (bicyclic) bond motifs is 1. The van der Waals surface area contributed by atoms with Crippen LogP contribution in [0.25, 0.3) is 11.0 Å². The van der Waals surface area contributed by atoms with Crippen molar-refractivity contribution in [1.29, 1.82) is 0 Å². The van der Waals surface area contributed by atoms with Crippen LogP contribution in [-0.4, -0.2) is 25.0 Å². The second kappa shape index (κ2) is 6.12. The molecule has 1 aromatic carbocycles. The lowest BCUT2D eigenvalue weighted by atomic mass is 10.2. The highest BCUT2D eigenvalue weighted by Crippen LogP contribution is 2.30. The zero-order chi connectivity index (χ0) is 17.6. The van der Waals surface area contributed by atoms with Crippen molar-refractivity contribution in [2.75, 3.05) is 11.3 Å². The molecule has 0 saturated carbocycles. The largest absolute Gasteiger partial charge is 0.370 e. The van der Waals surface area contributed by atoms with Crippen LogP contribution in [-0.2, 0) is 14.8 Å². The zero-order valence-corrected chi connectivity index (χ0v) is 15.6. The molecule has 1 atom stereocenters. The lowest BCUT2D eigenvalue weighted by Crippen LogP contribution is -2.13. The van der Waals surface area contributed by atoms with E-state index in [1.54, 1.807) is 18.2 Å². The van der Waals surface area contributed by atoms with Crippen LogP contribution in [0.5, 0.6) is 0 Å². The molecule has 25 heavy (non-hydrogen) atoms. The van der Waals surface area contributed by atoms with Crippen LogP contribution < -0.4 is 4.72 Å². The molecule has 6 nitrogen and oxygen atoms in total. The van der Waals surface area contributed by atoms with E-state index in [2.05, 4.69) is 14.7 Å². The number of imidazole rings is 1. The third kappa shape index (κ3) is 3.17. The van der Waals surface area contributed by atoms with E-state index in [1.807, 2.05) is 19.9 Å². The summed E-state index contributed by atoms with van der Waals surface area (Å²) in [5.74, 6) is 0.803. The Balaban J connectivity index is 1.64. The Morgan fingerprint density at radius 1 is 1.32 bits per heavy atom. The normalized spacial score (nSPS) is 18.1. The summed E-state index contributed by atoms with van der Waals surface area (Å²) in [5.41, 5.74) is 2.11. The first kappa shape index (κ1) is 16.6. The van der Waals surface area contributed by atoms with Crippen LogP contribution >= 0.6 is 11.3 Å². The Bertz CT molecular complexity index is 1030. The number of aryl methyl sites for hydroxylation is 2. The van der Waals surface area contributed by atoms with Crippen LogP contribution in [0.1, 0.15) is 34.5 Å². The van der Waals surface area contributed by atoms with Gasteiger partial charge in [-0.3, -0.25) is 4.72 Å². The summed E-state index contributed by atoms with van der Waals surface area (Å²) in [6.45, 7) is 4.48. The third-order valence-corrected chi connectivity index (χ3v) is 6.87. The maximum Gasteiger partial charge on any atom is 0.263 e. The van der Waals surface area contributed by atoms with Gasteiger partial charge in [-0.15, -0.1) is 11.3 Å². The fourth-order valence-corrected chi connectivity index (χ4v) is 5.73. The number of nitrogens with one attached hydrogen (secondary N) is 2. The van der Waals surface area contributed by atoms with Gasteiger partial charge in [0.2, 0.25) is 0 Å². The molecule has 3 aromatic rings. The van der Waals surface area contributed by atoms with Crippen molar-refractivity contribution in [1.82, 2.24) is 9.97 Å². The fraction of sp³-hybridized carbons (Fsp3) is 0.353. The molecule has 1 saturated heterocycles. The van der Waals surface area contributed by atoms with Gasteiger partial charge in [0, 0.05) is 16.4 Å². The van der Waals surface area contributed by atoms with Gasteiger partial charge in [-0.25, -0.2) is 13.4 Å². The lowest BCUT2D eigenvalue weighted by Gasteiger charge is -2.07. The van der Waals surface area contributed by atoms with Gasteiger partial charge in [0.25, 0.3) is 10.0 Å². The Hall–Kier alpha value is -1.90. The zero-order valence-electron chi connectivity index (χ0n) is 14.0. The number of thiophene rings is 1. The second-order valence-electron chi connectivity index (χ2n) is 6.24.